The van der Waals surface area contributed by atoms with Crippen LogP contribution in [0.2, 0.25) is 0 Å². The summed E-state index contributed by atoms with van der Waals surface area (Å²) >= 11 is 0. The molecule has 1 rings (SSSR count). The molecule has 0 aromatic heterocycles. The molecule has 0 aromatic carbocycles. The predicted octanol–water partition coefficient (Wildman–Crippen LogP) is 4.30. The number of nitrogens with zero attached hydrogens (tertiary/aromatic N) is 1. The van der Waals surface area contributed by atoms with E-state index in [-0.39, 0.29) is 0 Å². The lowest BCUT2D eigenvalue weighted by atomic mass is 9.91. The van der Waals surface area contributed by atoms with Gasteiger partial charge in [-0.15, -0.1) is 0 Å². The van der Waals surface area contributed by atoms with Crippen molar-refractivity contribution in [3.05, 3.63) is 0 Å². The third-order valence-electron chi connectivity index (χ3n) is 4.45. The summed E-state index contributed by atoms with van der Waals surface area (Å²) in [7, 11) is 0. The van der Waals surface area contributed by atoms with Gasteiger partial charge in [-0.25, -0.2) is 0 Å². The number of hydrogen-bond donors (Lipinski definition) is 1. The first-order valence-corrected chi connectivity index (χ1v) is 8.77. The highest BCUT2D eigenvalue weighted by molar-refractivity contribution is 4.84. The van der Waals surface area contributed by atoms with Gasteiger partial charge in [-0.2, -0.15) is 0 Å². The van der Waals surface area contributed by atoms with Crippen LogP contribution in [0.25, 0.3) is 0 Å². The minimum Gasteiger partial charge on any atom is -0.314 e. The highest BCUT2D eigenvalue weighted by Crippen LogP contribution is 2.27. The maximum atomic E-state index is 3.62. The Kier molecular flexibility index (Phi) is 7.53. The molecule has 0 spiro atoms. The molecular weight excluding hydrogens is 244 g/mol. The largest absolute Gasteiger partial charge is 0.314 e. The predicted molar refractivity (Wildman–Crippen MR) is 90.2 cm³/mol. The Hall–Kier alpha value is -0.0800. The van der Waals surface area contributed by atoms with Gasteiger partial charge >= 0.3 is 0 Å². The van der Waals surface area contributed by atoms with Gasteiger partial charge in [-0.3, -0.25) is 4.90 Å². The van der Waals surface area contributed by atoms with Crippen molar-refractivity contribution in [1.82, 2.24) is 10.2 Å². The van der Waals surface area contributed by atoms with Crippen LogP contribution in [0.1, 0.15) is 73.6 Å². The highest BCUT2D eigenvalue weighted by atomic mass is 15.2. The molecule has 0 atom stereocenters. The zero-order chi connectivity index (χ0) is 15.2. The lowest BCUT2D eigenvalue weighted by Crippen LogP contribution is -2.46. The summed E-state index contributed by atoms with van der Waals surface area (Å²) in [5.74, 6) is 0.816. The van der Waals surface area contributed by atoms with Gasteiger partial charge in [0.25, 0.3) is 0 Å². The van der Waals surface area contributed by atoms with Crippen molar-refractivity contribution < 1.29 is 0 Å². The molecule has 0 unspecified atom stereocenters. The van der Waals surface area contributed by atoms with Gasteiger partial charge in [-0.05, 0) is 37.1 Å². The smallest absolute Gasteiger partial charge is 0.00954 e. The quantitative estimate of drug-likeness (QED) is 0.678. The normalized spacial score (nSPS) is 17.9. The molecule has 2 heteroatoms. The summed E-state index contributed by atoms with van der Waals surface area (Å²) < 4.78 is 0. The van der Waals surface area contributed by atoms with Crippen LogP contribution < -0.4 is 5.32 Å². The van der Waals surface area contributed by atoms with Crippen LogP contribution in [0, 0.1) is 11.3 Å². The molecule has 20 heavy (non-hydrogen) atoms. The van der Waals surface area contributed by atoms with Crippen LogP contribution >= 0.6 is 0 Å². The van der Waals surface area contributed by atoms with Gasteiger partial charge < -0.3 is 5.32 Å². The van der Waals surface area contributed by atoms with E-state index in [0.717, 1.165) is 18.5 Å². The fourth-order valence-electron chi connectivity index (χ4n) is 3.17. The molecule has 1 aliphatic carbocycles. The van der Waals surface area contributed by atoms with E-state index < -0.39 is 0 Å². The summed E-state index contributed by atoms with van der Waals surface area (Å²) in [4.78, 5) is 2.80. The van der Waals surface area contributed by atoms with Crippen molar-refractivity contribution in [1.29, 1.82) is 0 Å². The minimum atomic E-state index is 0.365. The Labute approximate surface area is 127 Å². The molecule has 1 aliphatic rings. The van der Waals surface area contributed by atoms with Gasteiger partial charge in [0, 0.05) is 25.2 Å². The summed E-state index contributed by atoms with van der Waals surface area (Å²) in [6, 6.07) is 1.44. The molecule has 0 radical (unpaired) electrons. The topological polar surface area (TPSA) is 15.3 Å². The molecule has 120 valence electrons. The Morgan fingerprint density at radius 2 is 1.70 bits per heavy atom. The SMILES string of the molecule is CC(C)CCN(CC(C)(C)CNC(C)C)C1CCCC1. The third-order valence-corrected chi connectivity index (χ3v) is 4.45. The molecule has 1 saturated carbocycles. The molecule has 0 aliphatic heterocycles. The first kappa shape index (κ1) is 18.0. The van der Waals surface area contributed by atoms with E-state index in [4.69, 9.17) is 0 Å². The summed E-state index contributed by atoms with van der Waals surface area (Å²) in [6.07, 6.45) is 7.06. The minimum absolute atomic E-state index is 0.365. The number of rotatable bonds is 9. The lowest BCUT2D eigenvalue weighted by molar-refractivity contribution is 0.121. The van der Waals surface area contributed by atoms with Crippen LogP contribution in [0.3, 0.4) is 0 Å². The van der Waals surface area contributed by atoms with E-state index in [1.807, 2.05) is 0 Å². The van der Waals surface area contributed by atoms with E-state index in [1.165, 1.54) is 45.2 Å². The summed E-state index contributed by atoms with van der Waals surface area (Å²) in [6.45, 7) is 17.6. The van der Waals surface area contributed by atoms with Gasteiger partial charge in [-0.1, -0.05) is 54.4 Å². The van der Waals surface area contributed by atoms with Crippen LogP contribution in [0.15, 0.2) is 0 Å². The fourth-order valence-corrected chi connectivity index (χ4v) is 3.17. The molecule has 1 fully saturated rings. The first-order chi connectivity index (χ1) is 9.30. The standard InChI is InChI=1S/C18H38N2/c1-15(2)11-12-20(17-9-7-8-10-17)14-18(5,6)13-19-16(3)4/h15-17,19H,7-14H2,1-6H3. The molecule has 0 amide bonds. The molecule has 0 saturated heterocycles. The Balaban J connectivity index is 2.52. The molecule has 2 nitrogen and oxygen atoms in total. The lowest BCUT2D eigenvalue weighted by Gasteiger charge is -2.37. The van der Waals surface area contributed by atoms with Crippen molar-refractivity contribution in [3.8, 4) is 0 Å². The van der Waals surface area contributed by atoms with Crippen LogP contribution in [-0.2, 0) is 0 Å². The van der Waals surface area contributed by atoms with Crippen molar-refractivity contribution in [2.45, 2.75) is 85.7 Å². The fraction of sp³-hybridized carbons (Fsp3) is 1.00. The molecule has 0 heterocycles. The van der Waals surface area contributed by atoms with E-state index in [1.54, 1.807) is 0 Å². The Morgan fingerprint density at radius 1 is 1.10 bits per heavy atom. The van der Waals surface area contributed by atoms with Crippen molar-refractivity contribution >= 4 is 0 Å². The second-order valence-corrected chi connectivity index (χ2v) is 8.29. The molecule has 1 N–H and O–H groups in total. The van der Waals surface area contributed by atoms with Crippen LogP contribution in [0.5, 0.6) is 0 Å². The van der Waals surface area contributed by atoms with Gasteiger partial charge in [0.05, 0.1) is 0 Å². The van der Waals surface area contributed by atoms with Gasteiger partial charge in [0.2, 0.25) is 0 Å². The molecular formula is C18H38N2. The zero-order valence-corrected chi connectivity index (χ0v) is 14.8. The summed E-state index contributed by atoms with van der Waals surface area (Å²) in [5, 5.41) is 3.62. The summed E-state index contributed by atoms with van der Waals surface area (Å²) in [5.41, 5.74) is 0.365. The van der Waals surface area contributed by atoms with Gasteiger partial charge in [0.1, 0.15) is 0 Å². The van der Waals surface area contributed by atoms with Gasteiger partial charge in [0.15, 0.2) is 0 Å². The Morgan fingerprint density at radius 3 is 2.20 bits per heavy atom. The van der Waals surface area contributed by atoms with Crippen molar-refractivity contribution in [2.75, 3.05) is 19.6 Å². The maximum absolute atomic E-state index is 3.62. The Bertz CT molecular complexity index is 252. The van der Waals surface area contributed by atoms with Crippen molar-refractivity contribution in [2.24, 2.45) is 11.3 Å². The second kappa shape index (κ2) is 8.38. The van der Waals surface area contributed by atoms with E-state index in [2.05, 4.69) is 51.8 Å². The van der Waals surface area contributed by atoms with E-state index in [0.29, 0.717) is 11.5 Å². The zero-order valence-electron chi connectivity index (χ0n) is 14.8. The van der Waals surface area contributed by atoms with Crippen LogP contribution in [0.4, 0.5) is 0 Å². The monoisotopic (exact) mass is 282 g/mol. The average Bonchev–Trinajstić information content (AvgIpc) is 2.85. The highest BCUT2D eigenvalue weighted by Gasteiger charge is 2.28. The second-order valence-electron chi connectivity index (χ2n) is 8.29. The molecule has 0 aromatic rings. The van der Waals surface area contributed by atoms with Crippen molar-refractivity contribution in [3.63, 3.8) is 0 Å². The van der Waals surface area contributed by atoms with E-state index >= 15 is 0 Å². The molecule has 0 bridgehead atoms. The van der Waals surface area contributed by atoms with Crippen LogP contribution in [-0.4, -0.2) is 36.6 Å². The number of hydrogen-bond acceptors (Lipinski definition) is 2. The number of nitrogens with one attached hydrogen (secondary N) is 1. The maximum Gasteiger partial charge on any atom is 0.00954 e. The average molecular weight is 283 g/mol. The first-order valence-electron chi connectivity index (χ1n) is 8.77. The van der Waals surface area contributed by atoms with E-state index in [9.17, 15) is 0 Å². The third kappa shape index (κ3) is 7.08.